The van der Waals surface area contributed by atoms with Gasteiger partial charge in [0.25, 0.3) is 0 Å². The minimum absolute atomic E-state index is 0.0421. The number of benzene rings is 2. The molecule has 97 heavy (non-hydrogen) atoms. The minimum atomic E-state index is -0.871. The van der Waals surface area contributed by atoms with Gasteiger partial charge in [0.05, 0.1) is 12.6 Å². The number of hydrogen-bond acceptors (Lipinski definition) is 39. The molecule has 3 amide bonds. The van der Waals surface area contributed by atoms with E-state index in [1.807, 2.05) is 67.6 Å². The van der Waals surface area contributed by atoms with Crippen molar-refractivity contribution in [2.24, 2.45) is 5.73 Å². The van der Waals surface area contributed by atoms with Gasteiger partial charge in [0.1, 0.15) is 18.2 Å². The van der Waals surface area contributed by atoms with Crippen LogP contribution in [0.3, 0.4) is 0 Å². The fraction of sp³-hybridized carbons (Fsp3) is 0.400. The molecule has 0 aliphatic carbocycles. The van der Waals surface area contributed by atoms with E-state index >= 15 is 0 Å². The normalized spacial score (nSPS) is 11.4. The van der Waals surface area contributed by atoms with Crippen LogP contribution in [0.4, 0.5) is 83.3 Å². The predicted molar refractivity (Wildman–Crippen MR) is 377 cm³/mol. The second-order valence-electron chi connectivity index (χ2n) is 20.2. The SMILES string of the molecule is CCSc1nc(NCCNC(=O)C(C)NC(=O)CNC(=O)C(N)Cc2ccccc2)nc(NCCNc2nc(NCCNc3nc(NCCS)nc(NCCNc4ncnc(NCCNc5nc(N)nc(NCCNc6nc(C)nc(N)n6)n5)n4)n3)nc(Sc3ccccc3)n2)n1. The van der Waals surface area contributed by atoms with Crippen LogP contribution in [0.2, 0.25) is 0 Å². The summed E-state index contributed by atoms with van der Waals surface area (Å²) in [7, 11) is 0. The molecule has 0 radical (unpaired) electrons. The molecule has 0 aliphatic rings. The molecule has 8 rings (SSSR count). The maximum atomic E-state index is 12.8. The molecule has 0 aliphatic heterocycles. The highest BCUT2D eigenvalue weighted by atomic mass is 32.2. The number of aromatic nitrogens is 18. The van der Waals surface area contributed by atoms with Gasteiger partial charge in [-0.3, -0.25) is 14.4 Å². The smallest absolute Gasteiger partial charge is 0.242 e. The lowest BCUT2D eigenvalue weighted by molar-refractivity contribution is -0.129. The van der Waals surface area contributed by atoms with E-state index in [1.54, 1.807) is 13.8 Å². The Morgan fingerprint density at radius 1 is 0.454 bits per heavy atom. The Balaban J connectivity index is 0.753. The number of nitrogens with two attached hydrogens (primary N) is 3. The lowest BCUT2D eigenvalue weighted by Crippen LogP contribution is -2.50. The molecule has 0 bridgehead atoms. The van der Waals surface area contributed by atoms with Gasteiger partial charge in [0.2, 0.25) is 101 Å². The molecule has 0 saturated carbocycles. The summed E-state index contributed by atoms with van der Waals surface area (Å²) in [4.78, 5) is 118. The summed E-state index contributed by atoms with van der Waals surface area (Å²) in [5, 5.41) is 47.1. The number of aryl methyl sites for hydroxylation is 1. The molecule has 39 nitrogen and oxygen atoms in total. The zero-order valence-electron chi connectivity index (χ0n) is 53.3. The Bertz CT molecular complexity index is 3750. The standard InChI is InChI=1S/C55H78N36O3S3/c1-4-96-54-88-50(67-16-15-59-38(93)32(2)75-37(92)30-72-39(94)36(56)29-34-11-7-5-8-12-34)86-51(89-54)68-25-26-70-53-87-52(90-55(91-53)97-35-13-9-6-10-14-35)69-24-23-66-48-83-47(84-49(85-48)71-27-28-95)65-20-18-61-43-74-31-73-42(81-43)60-17-19-63-45-79-41(58)80-46(82-45)64-22-21-62-44-77-33(3)76-40(57)78-44/h5-14,31-32,36,95H,4,15-30,56H2,1-3H3,(H,59,93)(H,72,94)(H,75,92)(H3,57,62,76,77,78)(H2,60,61,73,74,81)(H2,67,68,86,88,89)(H2,69,70,87,90,91)(H4,58,63,64,79,80,82)(H3,65,66,71,83,84,85). The zero-order chi connectivity index (χ0) is 68.4. The largest absolute Gasteiger partial charge is 0.368 e. The number of nitrogens with one attached hydrogen (secondary N) is 15. The Kier molecular flexibility index (Phi) is 29.0. The molecule has 2 unspecified atom stereocenters. The maximum Gasteiger partial charge on any atom is 0.242 e. The molecule has 6 heterocycles. The van der Waals surface area contributed by atoms with Crippen molar-refractivity contribution in [3.63, 3.8) is 0 Å². The van der Waals surface area contributed by atoms with Crippen LogP contribution in [-0.2, 0) is 20.8 Å². The van der Waals surface area contributed by atoms with Crippen molar-refractivity contribution in [3.8, 4) is 0 Å². The number of nitrogens with zero attached hydrogens (tertiary/aromatic N) is 18. The first kappa shape index (κ1) is 72.0. The second-order valence-corrected chi connectivity index (χ2v) is 22.9. The number of rotatable bonds is 43. The summed E-state index contributed by atoms with van der Waals surface area (Å²) < 4.78 is 0. The van der Waals surface area contributed by atoms with E-state index in [0.29, 0.717) is 160 Å². The molecule has 2 aromatic carbocycles. The van der Waals surface area contributed by atoms with Crippen LogP contribution in [-0.4, -0.2) is 223 Å². The van der Waals surface area contributed by atoms with Crippen LogP contribution < -0.4 is 97.0 Å². The fourth-order valence-electron chi connectivity index (χ4n) is 8.12. The summed E-state index contributed by atoms with van der Waals surface area (Å²) in [5.74, 6) is 4.46. The fourth-order valence-corrected chi connectivity index (χ4v) is 9.56. The van der Waals surface area contributed by atoms with Crippen molar-refractivity contribution < 1.29 is 14.4 Å². The molecule has 0 spiro atoms. The summed E-state index contributed by atoms with van der Waals surface area (Å²) in [6.07, 6.45) is 1.72. The molecule has 2 atom stereocenters. The van der Waals surface area contributed by atoms with Gasteiger partial charge in [-0.05, 0) is 55.5 Å². The number of thiol groups is 1. The summed E-state index contributed by atoms with van der Waals surface area (Å²) in [5.41, 5.74) is 18.6. The van der Waals surface area contributed by atoms with Gasteiger partial charge in [0, 0.05) is 95.7 Å². The average molecular weight is 1390 g/mol. The van der Waals surface area contributed by atoms with Crippen molar-refractivity contribution in [1.29, 1.82) is 0 Å². The quantitative estimate of drug-likeness (QED) is 0.0138. The van der Waals surface area contributed by atoms with E-state index in [4.69, 9.17) is 27.2 Å². The summed E-state index contributed by atoms with van der Waals surface area (Å²) in [6.45, 7) is 9.89. The maximum absolute atomic E-state index is 12.8. The highest BCUT2D eigenvalue weighted by Crippen LogP contribution is 2.26. The van der Waals surface area contributed by atoms with Gasteiger partial charge in [-0.2, -0.15) is 92.4 Å². The number of carbonyl (C=O) groups excluding carboxylic acids is 3. The lowest BCUT2D eigenvalue weighted by atomic mass is 10.1. The Hall–Kier alpha value is -10.9. The minimum Gasteiger partial charge on any atom is -0.368 e. The monoisotopic (exact) mass is 1390 g/mol. The molecular formula is C55H78N36O3S3. The Morgan fingerprint density at radius 2 is 0.835 bits per heavy atom. The van der Waals surface area contributed by atoms with Crippen molar-refractivity contribution >= 4 is 137 Å². The highest BCUT2D eigenvalue weighted by molar-refractivity contribution is 7.99. The molecule has 514 valence electrons. The first-order valence-electron chi connectivity index (χ1n) is 30.6. The van der Waals surface area contributed by atoms with E-state index in [-0.39, 0.29) is 43.4 Å². The summed E-state index contributed by atoms with van der Waals surface area (Å²) >= 11 is 7.17. The Morgan fingerprint density at radius 3 is 1.29 bits per heavy atom. The molecule has 21 N–H and O–H groups in total. The van der Waals surface area contributed by atoms with Crippen LogP contribution in [0, 0.1) is 6.92 Å². The molecule has 42 heteroatoms. The third-order valence-corrected chi connectivity index (χ3v) is 14.3. The molecule has 6 aromatic heterocycles. The number of carbonyl (C=O) groups is 3. The van der Waals surface area contributed by atoms with Gasteiger partial charge in [-0.15, -0.1) is 0 Å². The third-order valence-electron chi connectivity index (χ3n) is 12.5. The lowest BCUT2D eigenvalue weighted by Gasteiger charge is -2.16. The van der Waals surface area contributed by atoms with Crippen LogP contribution in [0.1, 0.15) is 25.2 Å². The van der Waals surface area contributed by atoms with Crippen molar-refractivity contribution in [3.05, 3.63) is 78.4 Å². The molecule has 0 saturated heterocycles. The first-order chi connectivity index (χ1) is 47.2. The van der Waals surface area contributed by atoms with E-state index in [2.05, 4.69) is 172 Å². The predicted octanol–water partition coefficient (Wildman–Crippen LogP) is 0.213. The number of hydrogen-bond donors (Lipinski definition) is 19. The number of anilines is 14. The van der Waals surface area contributed by atoms with Crippen LogP contribution >= 0.6 is 36.2 Å². The van der Waals surface area contributed by atoms with E-state index < -0.39 is 29.8 Å². The van der Waals surface area contributed by atoms with Gasteiger partial charge in [0.15, 0.2) is 10.3 Å². The van der Waals surface area contributed by atoms with Gasteiger partial charge < -0.3 is 97.0 Å². The Labute approximate surface area is 571 Å². The van der Waals surface area contributed by atoms with Crippen molar-refractivity contribution in [1.82, 2.24) is 106 Å². The average Bonchev–Trinajstić information content (AvgIpc) is 1.03. The van der Waals surface area contributed by atoms with E-state index in [1.165, 1.54) is 29.9 Å². The third kappa shape index (κ3) is 26.4. The number of thioether (sulfide) groups is 1. The van der Waals surface area contributed by atoms with E-state index in [0.717, 1.165) is 16.2 Å². The van der Waals surface area contributed by atoms with Gasteiger partial charge in [-0.25, -0.2) is 9.97 Å². The molecule has 8 aromatic rings. The summed E-state index contributed by atoms with van der Waals surface area (Å²) in [6, 6.07) is 17.4. The molecule has 0 fully saturated rings. The van der Waals surface area contributed by atoms with E-state index in [9.17, 15) is 14.4 Å². The van der Waals surface area contributed by atoms with Gasteiger partial charge in [-0.1, -0.05) is 67.2 Å². The highest BCUT2D eigenvalue weighted by Gasteiger charge is 2.19. The number of amides is 3. The topological polar surface area (TPSA) is 542 Å². The van der Waals surface area contributed by atoms with Crippen molar-refractivity contribution in [2.45, 2.75) is 54.5 Å². The zero-order valence-corrected chi connectivity index (χ0v) is 55.8. The van der Waals surface area contributed by atoms with Crippen LogP contribution in [0.5, 0.6) is 0 Å². The number of nitrogen functional groups attached to an aromatic ring is 2. The van der Waals surface area contributed by atoms with Gasteiger partial charge >= 0.3 is 0 Å². The molecular weight excluding hydrogens is 1310 g/mol. The van der Waals surface area contributed by atoms with Crippen LogP contribution in [0.15, 0.2) is 82.2 Å². The first-order valence-corrected chi connectivity index (χ1v) is 33.1. The van der Waals surface area contributed by atoms with Crippen LogP contribution in [0.25, 0.3) is 0 Å². The second kappa shape index (κ2) is 39.1. The van der Waals surface area contributed by atoms with Crippen molar-refractivity contribution in [2.75, 3.05) is 178 Å².